The number of nitrogens with zero attached hydrogens (tertiary/aromatic N) is 1. The van der Waals surface area contributed by atoms with Crippen LogP contribution in [-0.2, 0) is 11.3 Å². The Hall–Kier alpha value is -1.13. The maximum Gasteiger partial charge on any atom is 0.189 e. The Labute approximate surface area is 103 Å². The first-order valence-electron chi connectivity index (χ1n) is 5.92. The van der Waals surface area contributed by atoms with Crippen LogP contribution < -0.4 is 10.1 Å². The van der Waals surface area contributed by atoms with Gasteiger partial charge in [0.05, 0.1) is 11.9 Å². The van der Waals surface area contributed by atoms with E-state index in [-0.39, 0.29) is 12.3 Å². The molecule has 0 radical (unpaired) electrons. The van der Waals surface area contributed by atoms with E-state index in [0.29, 0.717) is 6.61 Å². The van der Waals surface area contributed by atoms with Crippen molar-refractivity contribution in [2.75, 3.05) is 13.4 Å². The zero-order chi connectivity index (χ0) is 12.7. The minimum absolute atomic E-state index is 0.103. The quantitative estimate of drug-likeness (QED) is 0.610. The molecule has 1 aromatic heterocycles. The Kier molecular flexibility index (Phi) is 5.38. The molecule has 4 heteroatoms. The highest BCUT2D eigenvalue weighted by Crippen LogP contribution is 2.10. The number of hydrogen-bond donors (Lipinski definition) is 1. The van der Waals surface area contributed by atoms with Gasteiger partial charge in [0.1, 0.15) is 5.75 Å². The minimum Gasteiger partial charge on any atom is -0.466 e. The number of nitrogens with one attached hydrogen (secondary N) is 1. The highest BCUT2D eigenvalue weighted by atomic mass is 16.7. The predicted molar refractivity (Wildman–Crippen MR) is 68.0 cm³/mol. The van der Waals surface area contributed by atoms with Gasteiger partial charge >= 0.3 is 0 Å². The van der Waals surface area contributed by atoms with E-state index in [0.717, 1.165) is 18.0 Å². The van der Waals surface area contributed by atoms with E-state index in [9.17, 15) is 0 Å². The zero-order valence-electron chi connectivity index (χ0n) is 11.1. The van der Waals surface area contributed by atoms with Gasteiger partial charge in [0.25, 0.3) is 0 Å². The molecular formula is C13H22N2O2. The summed E-state index contributed by atoms with van der Waals surface area (Å²) in [4.78, 5) is 4.32. The molecule has 0 bridgehead atoms. The van der Waals surface area contributed by atoms with Gasteiger partial charge in [-0.1, -0.05) is 0 Å². The van der Waals surface area contributed by atoms with Crippen LogP contribution in [0, 0.1) is 0 Å². The lowest BCUT2D eigenvalue weighted by Gasteiger charge is -2.20. The van der Waals surface area contributed by atoms with E-state index in [1.807, 2.05) is 19.1 Å². The molecule has 0 aliphatic heterocycles. The van der Waals surface area contributed by atoms with E-state index in [4.69, 9.17) is 9.47 Å². The highest BCUT2D eigenvalue weighted by Gasteiger charge is 2.08. The van der Waals surface area contributed by atoms with Gasteiger partial charge in [0, 0.05) is 18.7 Å². The van der Waals surface area contributed by atoms with Gasteiger partial charge in [-0.15, -0.1) is 0 Å². The van der Waals surface area contributed by atoms with Crippen LogP contribution in [0.3, 0.4) is 0 Å². The van der Waals surface area contributed by atoms with Crippen LogP contribution in [-0.4, -0.2) is 23.9 Å². The lowest BCUT2D eigenvalue weighted by molar-refractivity contribution is 0.0222. The second kappa shape index (κ2) is 6.57. The fourth-order valence-electron chi connectivity index (χ4n) is 1.15. The van der Waals surface area contributed by atoms with Gasteiger partial charge in [0.15, 0.2) is 6.79 Å². The smallest absolute Gasteiger partial charge is 0.189 e. The van der Waals surface area contributed by atoms with Gasteiger partial charge in [-0.2, -0.15) is 0 Å². The van der Waals surface area contributed by atoms with Crippen molar-refractivity contribution in [2.45, 2.75) is 39.8 Å². The second-order valence-corrected chi connectivity index (χ2v) is 4.84. The summed E-state index contributed by atoms with van der Waals surface area (Å²) in [7, 11) is 0. The molecule has 0 spiro atoms. The molecule has 1 heterocycles. The summed E-state index contributed by atoms with van der Waals surface area (Å²) in [6.45, 7) is 10.0. The fraction of sp³-hybridized carbons (Fsp3) is 0.615. The van der Waals surface area contributed by atoms with Gasteiger partial charge in [-0.05, 0) is 39.8 Å². The van der Waals surface area contributed by atoms with Crippen molar-refractivity contribution >= 4 is 0 Å². The SMILES string of the molecule is CCOCOc1ccc(CNC(C)(C)C)nc1. The second-order valence-electron chi connectivity index (χ2n) is 4.84. The van der Waals surface area contributed by atoms with E-state index in [1.54, 1.807) is 6.20 Å². The Bertz CT molecular complexity index is 317. The molecule has 0 unspecified atom stereocenters. The Morgan fingerprint density at radius 2 is 2.06 bits per heavy atom. The first-order chi connectivity index (χ1) is 8.01. The van der Waals surface area contributed by atoms with Crippen molar-refractivity contribution in [3.8, 4) is 5.75 Å². The van der Waals surface area contributed by atoms with E-state index < -0.39 is 0 Å². The summed E-state index contributed by atoms with van der Waals surface area (Å²) in [5, 5.41) is 3.38. The molecule has 0 aliphatic rings. The zero-order valence-corrected chi connectivity index (χ0v) is 11.1. The van der Waals surface area contributed by atoms with Gasteiger partial charge in [-0.3, -0.25) is 4.98 Å². The molecule has 17 heavy (non-hydrogen) atoms. The maximum atomic E-state index is 5.34. The van der Waals surface area contributed by atoms with Crippen molar-refractivity contribution in [1.29, 1.82) is 0 Å². The number of pyridine rings is 1. The molecule has 1 rings (SSSR count). The third-order valence-corrected chi connectivity index (χ3v) is 2.11. The minimum atomic E-state index is 0.103. The van der Waals surface area contributed by atoms with Gasteiger partial charge < -0.3 is 14.8 Å². The van der Waals surface area contributed by atoms with Crippen molar-refractivity contribution in [3.05, 3.63) is 24.0 Å². The molecule has 0 saturated heterocycles. The van der Waals surface area contributed by atoms with Gasteiger partial charge in [0.2, 0.25) is 0 Å². The lowest BCUT2D eigenvalue weighted by Crippen LogP contribution is -2.35. The number of aromatic nitrogens is 1. The summed E-state index contributed by atoms with van der Waals surface area (Å²) >= 11 is 0. The Morgan fingerprint density at radius 3 is 2.59 bits per heavy atom. The third-order valence-electron chi connectivity index (χ3n) is 2.11. The molecule has 0 fully saturated rings. The monoisotopic (exact) mass is 238 g/mol. The van der Waals surface area contributed by atoms with E-state index >= 15 is 0 Å². The van der Waals surface area contributed by atoms with E-state index in [1.165, 1.54) is 0 Å². The highest BCUT2D eigenvalue weighted by molar-refractivity contribution is 5.19. The van der Waals surface area contributed by atoms with Crippen molar-refractivity contribution in [2.24, 2.45) is 0 Å². The van der Waals surface area contributed by atoms with Crippen LogP contribution in [0.5, 0.6) is 5.75 Å². The number of rotatable bonds is 6. The summed E-state index contributed by atoms with van der Waals surface area (Å²) in [5.74, 6) is 0.734. The molecule has 0 saturated carbocycles. The molecular weight excluding hydrogens is 216 g/mol. The molecule has 0 amide bonds. The first-order valence-corrected chi connectivity index (χ1v) is 5.92. The normalized spacial score (nSPS) is 11.5. The molecule has 0 atom stereocenters. The average molecular weight is 238 g/mol. The third kappa shape index (κ3) is 6.24. The predicted octanol–water partition coefficient (Wildman–Crippen LogP) is 2.34. The molecule has 1 N–H and O–H groups in total. The van der Waals surface area contributed by atoms with Crippen LogP contribution in [0.25, 0.3) is 0 Å². The molecule has 96 valence electrons. The molecule has 0 aliphatic carbocycles. The number of hydrogen-bond acceptors (Lipinski definition) is 4. The summed E-state index contributed by atoms with van der Waals surface area (Å²) in [5.41, 5.74) is 1.11. The van der Waals surface area contributed by atoms with Crippen molar-refractivity contribution in [3.63, 3.8) is 0 Å². The van der Waals surface area contributed by atoms with Crippen LogP contribution in [0.1, 0.15) is 33.4 Å². The fourth-order valence-corrected chi connectivity index (χ4v) is 1.15. The average Bonchev–Trinajstić information content (AvgIpc) is 2.27. The summed E-state index contributed by atoms with van der Waals surface area (Å²) in [6, 6.07) is 3.87. The van der Waals surface area contributed by atoms with Crippen molar-refractivity contribution < 1.29 is 9.47 Å². The topological polar surface area (TPSA) is 43.4 Å². The molecule has 0 aromatic carbocycles. The van der Waals surface area contributed by atoms with Crippen LogP contribution in [0.15, 0.2) is 18.3 Å². The number of ether oxygens (including phenoxy) is 2. The molecule has 1 aromatic rings. The standard InChI is InChI=1S/C13H22N2O2/c1-5-16-10-17-12-7-6-11(14-9-12)8-15-13(2,3)4/h6-7,9,15H,5,8,10H2,1-4H3. The molecule has 4 nitrogen and oxygen atoms in total. The first kappa shape index (κ1) is 13.9. The van der Waals surface area contributed by atoms with Crippen LogP contribution >= 0.6 is 0 Å². The van der Waals surface area contributed by atoms with Gasteiger partial charge in [-0.25, -0.2) is 0 Å². The van der Waals surface area contributed by atoms with Crippen LogP contribution in [0.2, 0.25) is 0 Å². The summed E-state index contributed by atoms with van der Waals surface area (Å²) in [6.07, 6.45) is 1.72. The van der Waals surface area contributed by atoms with Crippen LogP contribution in [0.4, 0.5) is 0 Å². The summed E-state index contributed by atoms with van der Waals surface area (Å²) < 4.78 is 10.4. The Balaban J connectivity index is 2.39. The largest absolute Gasteiger partial charge is 0.466 e. The van der Waals surface area contributed by atoms with E-state index in [2.05, 4.69) is 31.1 Å². The lowest BCUT2D eigenvalue weighted by atomic mass is 10.1. The van der Waals surface area contributed by atoms with Crippen molar-refractivity contribution in [1.82, 2.24) is 10.3 Å². The Morgan fingerprint density at radius 1 is 1.29 bits per heavy atom. The maximum absolute atomic E-state index is 5.34.